The van der Waals surface area contributed by atoms with Gasteiger partial charge in [-0.2, -0.15) is 10.2 Å². The number of aromatic nitrogens is 4. The van der Waals surface area contributed by atoms with E-state index in [0.29, 0.717) is 18.5 Å². The van der Waals surface area contributed by atoms with Crippen LogP contribution in [0, 0.1) is 13.8 Å². The Kier molecular flexibility index (Phi) is 4.16. The average Bonchev–Trinajstić information content (AvgIpc) is 2.91. The molecule has 3 aromatic rings. The lowest BCUT2D eigenvalue weighted by Gasteiger charge is -2.05. The van der Waals surface area contributed by atoms with Crippen LogP contribution in [-0.4, -0.2) is 25.5 Å². The molecule has 0 radical (unpaired) electrons. The quantitative estimate of drug-likeness (QED) is 0.768. The fourth-order valence-corrected chi connectivity index (χ4v) is 2.86. The summed E-state index contributed by atoms with van der Waals surface area (Å²) in [7, 11) is 0. The first kappa shape index (κ1) is 15.9. The summed E-state index contributed by atoms with van der Waals surface area (Å²) in [6.45, 7) is 4.13. The van der Waals surface area contributed by atoms with E-state index in [2.05, 4.69) is 10.2 Å². The Bertz CT molecular complexity index is 957. The Hall–Kier alpha value is -2.96. The summed E-state index contributed by atoms with van der Waals surface area (Å²) in [5, 5.41) is 9.64. The number of amides is 1. The van der Waals surface area contributed by atoms with Crippen molar-refractivity contribution in [2.45, 2.75) is 33.2 Å². The zero-order valence-corrected chi connectivity index (χ0v) is 13.7. The molecule has 1 aromatic carbocycles. The zero-order valence-electron chi connectivity index (χ0n) is 13.7. The van der Waals surface area contributed by atoms with Gasteiger partial charge in [-0.15, -0.1) is 0 Å². The van der Waals surface area contributed by atoms with Gasteiger partial charge < -0.3 is 5.73 Å². The predicted octanol–water partition coefficient (Wildman–Crippen LogP) is 1.46. The average molecular weight is 325 g/mol. The number of primary amides is 1. The smallest absolute Gasteiger partial charge is 0.295 e. The van der Waals surface area contributed by atoms with Gasteiger partial charge in [-0.1, -0.05) is 18.2 Å². The van der Waals surface area contributed by atoms with Crippen LogP contribution in [0.4, 0.5) is 0 Å². The molecule has 0 fully saturated rings. The van der Waals surface area contributed by atoms with E-state index in [0.717, 1.165) is 22.5 Å². The molecular weight excluding hydrogens is 306 g/mol. The molecule has 0 aliphatic carbocycles. The Labute approximate surface area is 138 Å². The number of fused-ring (bicyclic) bond motifs is 1. The van der Waals surface area contributed by atoms with Crippen LogP contribution in [-0.2, 0) is 11.3 Å². The largest absolute Gasteiger partial charge is 0.370 e. The number of carbonyl (C=O) groups is 1. The normalized spacial score (nSPS) is 11.1. The van der Waals surface area contributed by atoms with E-state index in [4.69, 9.17) is 5.73 Å². The maximum atomic E-state index is 12.7. The number of para-hydroxylation sites is 1. The molecule has 2 heterocycles. The standard InChI is InChI=1S/C17H19N5O2/c1-11-15-12(2)22(13-7-4-3-5-8-13)20-16(15)17(24)21(19-11)10-6-9-14(18)23/h3-5,7-8H,6,9-10H2,1-2H3,(H2,18,23). The summed E-state index contributed by atoms with van der Waals surface area (Å²) in [6.07, 6.45) is 0.703. The molecule has 0 saturated heterocycles. The monoisotopic (exact) mass is 325 g/mol. The van der Waals surface area contributed by atoms with Crippen LogP contribution in [0.25, 0.3) is 16.6 Å². The summed E-state index contributed by atoms with van der Waals surface area (Å²) in [5.41, 5.74) is 7.79. The van der Waals surface area contributed by atoms with Gasteiger partial charge in [-0.25, -0.2) is 9.36 Å². The van der Waals surface area contributed by atoms with Gasteiger partial charge in [-0.05, 0) is 32.4 Å². The van der Waals surface area contributed by atoms with E-state index in [-0.39, 0.29) is 17.9 Å². The molecule has 2 aromatic heterocycles. The fourth-order valence-electron chi connectivity index (χ4n) is 2.86. The maximum Gasteiger partial charge on any atom is 0.295 e. The Morgan fingerprint density at radius 2 is 1.88 bits per heavy atom. The van der Waals surface area contributed by atoms with Gasteiger partial charge in [0.25, 0.3) is 5.56 Å². The van der Waals surface area contributed by atoms with Crippen LogP contribution >= 0.6 is 0 Å². The second-order valence-electron chi connectivity index (χ2n) is 5.74. The van der Waals surface area contributed by atoms with Crippen molar-refractivity contribution in [2.24, 2.45) is 5.73 Å². The maximum absolute atomic E-state index is 12.7. The molecule has 7 nitrogen and oxygen atoms in total. The van der Waals surface area contributed by atoms with Gasteiger partial charge in [0.15, 0.2) is 5.52 Å². The van der Waals surface area contributed by atoms with Gasteiger partial charge >= 0.3 is 0 Å². The highest BCUT2D eigenvalue weighted by Gasteiger charge is 2.17. The van der Waals surface area contributed by atoms with Gasteiger partial charge in [0.1, 0.15) is 0 Å². The third-order valence-electron chi connectivity index (χ3n) is 3.98. The van der Waals surface area contributed by atoms with Gasteiger partial charge in [0.05, 0.1) is 22.5 Å². The minimum absolute atomic E-state index is 0.225. The van der Waals surface area contributed by atoms with Crippen molar-refractivity contribution in [1.82, 2.24) is 19.6 Å². The molecule has 0 unspecified atom stereocenters. The first-order valence-electron chi connectivity index (χ1n) is 7.80. The van der Waals surface area contributed by atoms with Crippen LogP contribution in [0.2, 0.25) is 0 Å². The predicted molar refractivity (Wildman–Crippen MR) is 91.0 cm³/mol. The van der Waals surface area contributed by atoms with E-state index in [1.54, 1.807) is 4.68 Å². The van der Waals surface area contributed by atoms with Crippen molar-refractivity contribution in [3.8, 4) is 5.69 Å². The highest BCUT2D eigenvalue weighted by atomic mass is 16.1. The van der Waals surface area contributed by atoms with Gasteiger partial charge in [0, 0.05) is 13.0 Å². The summed E-state index contributed by atoms with van der Waals surface area (Å²) in [4.78, 5) is 23.5. The SMILES string of the molecule is Cc1nn(CCCC(N)=O)c(=O)c2nn(-c3ccccc3)c(C)c12. The van der Waals surface area contributed by atoms with Crippen LogP contribution < -0.4 is 11.3 Å². The Morgan fingerprint density at radius 1 is 1.17 bits per heavy atom. The molecule has 0 bridgehead atoms. The third-order valence-corrected chi connectivity index (χ3v) is 3.98. The van der Waals surface area contributed by atoms with Crippen molar-refractivity contribution >= 4 is 16.8 Å². The lowest BCUT2D eigenvalue weighted by atomic mass is 10.2. The van der Waals surface area contributed by atoms with Crippen LogP contribution in [0.3, 0.4) is 0 Å². The first-order chi connectivity index (χ1) is 11.5. The highest BCUT2D eigenvalue weighted by molar-refractivity contribution is 5.83. The van der Waals surface area contributed by atoms with E-state index < -0.39 is 0 Å². The molecule has 0 aliphatic heterocycles. The topological polar surface area (TPSA) is 95.8 Å². The third kappa shape index (κ3) is 2.80. The molecule has 0 aliphatic rings. The minimum atomic E-state index is -0.384. The fraction of sp³-hybridized carbons (Fsp3) is 0.294. The molecule has 24 heavy (non-hydrogen) atoms. The van der Waals surface area contributed by atoms with Crippen LogP contribution in [0.1, 0.15) is 24.2 Å². The minimum Gasteiger partial charge on any atom is -0.370 e. The summed E-state index contributed by atoms with van der Waals surface area (Å²) >= 11 is 0. The number of rotatable bonds is 5. The number of hydrogen-bond acceptors (Lipinski definition) is 4. The van der Waals surface area contributed by atoms with Gasteiger partial charge in [-0.3, -0.25) is 9.59 Å². The molecule has 0 saturated carbocycles. The summed E-state index contributed by atoms with van der Waals surface area (Å²) < 4.78 is 3.12. The molecule has 0 spiro atoms. The lowest BCUT2D eigenvalue weighted by molar-refractivity contribution is -0.118. The molecule has 2 N–H and O–H groups in total. The van der Waals surface area contributed by atoms with E-state index in [1.165, 1.54) is 4.68 Å². The first-order valence-corrected chi connectivity index (χ1v) is 7.80. The molecular formula is C17H19N5O2. The number of hydrogen-bond donors (Lipinski definition) is 1. The van der Waals surface area contributed by atoms with Crippen molar-refractivity contribution in [2.75, 3.05) is 0 Å². The Morgan fingerprint density at radius 3 is 2.54 bits per heavy atom. The van der Waals surface area contributed by atoms with E-state index in [1.807, 2.05) is 44.2 Å². The number of aryl methyl sites for hydroxylation is 3. The Balaban J connectivity index is 2.10. The summed E-state index contributed by atoms with van der Waals surface area (Å²) in [5.74, 6) is -0.384. The zero-order chi connectivity index (χ0) is 17.3. The van der Waals surface area contributed by atoms with Gasteiger partial charge in [0.2, 0.25) is 5.91 Å². The second kappa shape index (κ2) is 6.27. The lowest BCUT2D eigenvalue weighted by Crippen LogP contribution is -2.25. The van der Waals surface area contributed by atoms with Crippen molar-refractivity contribution < 1.29 is 4.79 Å². The molecule has 7 heteroatoms. The van der Waals surface area contributed by atoms with Crippen LogP contribution in [0.15, 0.2) is 35.1 Å². The summed E-state index contributed by atoms with van der Waals surface area (Å²) in [6, 6.07) is 9.66. The highest BCUT2D eigenvalue weighted by Crippen LogP contribution is 2.20. The molecule has 124 valence electrons. The second-order valence-corrected chi connectivity index (χ2v) is 5.74. The molecule has 1 amide bonds. The number of carbonyl (C=O) groups excluding carboxylic acids is 1. The van der Waals surface area contributed by atoms with Crippen molar-refractivity contribution in [1.29, 1.82) is 0 Å². The number of benzene rings is 1. The number of nitrogens with two attached hydrogens (primary N) is 1. The molecule has 3 rings (SSSR count). The van der Waals surface area contributed by atoms with E-state index >= 15 is 0 Å². The van der Waals surface area contributed by atoms with E-state index in [9.17, 15) is 9.59 Å². The van der Waals surface area contributed by atoms with Crippen LogP contribution in [0.5, 0.6) is 0 Å². The van der Waals surface area contributed by atoms with Crippen molar-refractivity contribution in [3.05, 3.63) is 52.1 Å². The number of nitrogens with zero attached hydrogens (tertiary/aromatic N) is 4. The van der Waals surface area contributed by atoms with Crippen molar-refractivity contribution in [3.63, 3.8) is 0 Å². The molecule has 0 atom stereocenters.